The summed E-state index contributed by atoms with van der Waals surface area (Å²) in [6.07, 6.45) is 4.32. The lowest BCUT2D eigenvalue weighted by Gasteiger charge is -2.13. The lowest BCUT2D eigenvalue weighted by molar-refractivity contribution is 0.141. The largest absolute Gasteiger partial charge is 0.387 e. The van der Waals surface area contributed by atoms with Crippen LogP contribution in [0.3, 0.4) is 0 Å². The second-order valence-corrected chi connectivity index (χ2v) is 4.70. The molecule has 1 atom stereocenters. The Morgan fingerprint density at radius 3 is 3.06 bits per heavy atom. The first-order chi connectivity index (χ1) is 7.72. The molecule has 16 heavy (non-hydrogen) atoms. The Bertz CT molecular complexity index is 350. The van der Waals surface area contributed by atoms with Crippen molar-refractivity contribution in [1.82, 2.24) is 9.78 Å². The maximum atomic E-state index is 10.1. The predicted molar refractivity (Wildman–Crippen MR) is 61.4 cm³/mol. The second kappa shape index (κ2) is 5.17. The van der Waals surface area contributed by atoms with Crippen LogP contribution in [0.4, 0.5) is 0 Å². The van der Waals surface area contributed by atoms with E-state index in [1.165, 1.54) is 12.8 Å². The molecule has 1 aliphatic rings. The summed E-state index contributed by atoms with van der Waals surface area (Å²) in [5.74, 6) is 0.664. The van der Waals surface area contributed by atoms with Gasteiger partial charge in [-0.05, 0) is 12.3 Å². The zero-order valence-corrected chi connectivity index (χ0v) is 10.2. The number of rotatable bonds is 6. The zero-order valence-electron chi connectivity index (χ0n) is 9.40. The Hall–Kier alpha value is -0.580. The molecular formula is C11H17ClN2O2. The Balaban J connectivity index is 2.06. The molecule has 0 saturated heterocycles. The lowest BCUT2D eigenvalue weighted by atomic mass is 10.1. The van der Waals surface area contributed by atoms with Gasteiger partial charge in [-0.2, -0.15) is 5.10 Å². The number of methoxy groups -OCH3 is 1. The van der Waals surface area contributed by atoms with Crippen LogP contribution in [0.25, 0.3) is 0 Å². The summed E-state index contributed by atoms with van der Waals surface area (Å²) >= 11 is 6.04. The van der Waals surface area contributed by atoms with E-state index in [1.807, 2.05) is 0 Å². The number of nitrogens with zero attached hydrogens (tertiary/aromatic N) is 2. The highest BCUT2D eigenvalue weighted by Gasteiger charge is 2.28. The smallest absolute Gasteiger partial charge is 0.0974 e. The van der Waals surface area contributed by atoms with E-state index in [2.05, 4.69) is 5.10 Å². The first-order valence-corrected chi connectivity index (χ1v) is 5.98. The van der Waals surface area contributed by atoms with Crippen molar-refractivity contribution in [1.29, 1.82) is 0 Å². The van der Waals surface area contributed by atoms with E-state index in [4.69, 9.17) is 16.3 Å². The monoisotopic (exact) mass is 244 g/mol. The molecule has 0 amide bonds. The summed E-state index contributed by atoms with van der Waals surface area (Å²) in [6.45, 7) is 1.20. The molecule has 0 bridgehead atoms. The number of halogens is 1. The third-order valence-electron chi connectivity index (χ3n) is 2.91. The van der Waals surface area contributed by atoms with Gasteiger partial charge >= 0.3 is 0 Å². The van der Waals surface area contributed by atoms with Gasteiger partial charge in [-0.1, -0.05) is 24.4 Å². The normalized spacial score (nSPS) is 17.7. The molecule has 1 heterocycles. The highest BCUT2D eigenvalue weighted by Crippen LogP contribution is 2.38. The van der Waals surface area contributed by atoms with E-state index >= 15 is 0 Å². The number of aliphatic hydroxyl groups is 1. The van der Waals surface area contributed by atoms with Crippen LogP contribution in [0.2, 0.25) is 5.02 Å². The van der Waals surface area contributed by atoms with E-state index in [-0.39, 0.29) is 0 Å². The molecule has 2 rings (SSSR count). The summed E-state index contributed by atoms with van der Waals surface area (Å²) < 4.78 is 6.73. The summed E-state index contributed by atoms with van der Waals surface area (Å²) in [4.78, 5) is 0. The Morgan fingerprint density at radius 1 is 1.69 bits per heavy atom. The number of hydrogen-bond donors (Lipinski definition) is 1. The van der Waals surface area contributed by atoms with Gasteiger partial charge in [0.15, 0.2) is 0 Å². The quantitative estimate of drug-likeness (QED) is 0.833. The van der Waals surface area contributed by atoms with Crippen LogP contribution >= 0.6 is 11.6 Å². The van der Waals surface area contributed by atoms with Crippen molar-refractivity contribution < 1.29 is 9.84 Å². The lowest BCUT2D eigenvalue weighted by Crippen LogP contribution is -2.13. The third kappa shape index (κ3) is 2.75. The van der Waals surface area contributed by atoms with Crippen LogP contribution < -0.4 is 0 Å². The molecule has 1 fully saturated rings. The molecule has 1 N–H and O–H groups in total. The van der Waals surface area contributed by atoms with Gasteiger partial charge in [-0.25, -0.2) is 0 Å². The molecule has 0 aromatic carbocycles. The molecule has 4 nitrogen and oxygen atoms in total. The minimum atomic E-state index is -0.501. The van der Waals surface area contributed by atoms with Crippen molar-refractivity contribution in [3.05, 3.63) is 16.9 Å². The van der Waals surface area contributed by atoms with Crippen molar-refractivity contribution in [3.8, 4) is 0 Å². The van der Waals surface area contributed by atoms with Gasteiger partial charge in [0.05, 0.1) is 36.2 Å². The molecular weight excluding hydrogens is 228 g/mol. The maximum Gasteiger partial charge on any atom is 0.0974 e. The molecule has 1 saturated carbocycles. The van der Waals surface area contributed by atoms with Gasteiger partial charge in [0.1, 0.15) is 0 Å². The second-order valence-electron chi connectivity index (χ2n) is 4.29. The summed E-state index contributed by atoms with van der Waals surface area (Å²) in [7, 11) is 1.64. The number of ether oxygens (including phenoxy) is 1. The molecule has 5 heteroatoms. The van der Waals surface area contributed by atoms with Crippen molar-refractivity contribution in [2.45, 2.75) is 31.9 Å². The topological polar surface area (TPSA) is 47.3 Å². The average molecular weight is 245 g/mol. The zero-order chi connectivity index (χ0) is 11.5. The fourth-order valence-electron chi connectivity index (χ4n) is 1.84. The number of hydrogen-bond acceptors (Lipinski definition) is 3. The van der Waals surface area contributed by atoms with Crippen LogP contribution in [-0.4, -0.2) is 28.6 Å². The number of aliphatic hydroxyl groups excluding tert-OH is 1. The molecule has 1 unspecified atom stereocenters. The van der Waals surface area contributed by atoms with Crippen molar-refractivity contribution in [2.24, 2.45) is 5.92 Å². The average Bonchev–Trinajstić information content (AvgIpc) is 2.98. The summed E-state index contributed by atoms with van der Waals surface area (Å²) in [6, 6.07) is 0. The molecule has 1 aliphatic carbocycles. The fraction of sp³-hybridized carbons (Fsp3) is 0.727. The predicted octanol–water partition coefficient (Wildman–Crippen LogP) is 2.02. The van der Waals surface area contributed by atoms with E-state index in [1.54, 1.807) is 18.0 Å². The van der Waals surface area contributed by atoms with Crippen LogP contribution in [0.1, 0.15) is 31.1 Å². The number of aromatic nitrogens is 2. The van der Waals surface area contributed by atoms with E-state index in [0.717, 1.165) is 12.1 Å². The summed E-state index contributed by atoms with van der Waals surface area (Å²) in [5, 5.41) is 14.8. The van der Waals surface area contributed by atoms with Crippen molar-refractivity contribution >= 4 is 11.6 Å². The molecule has 0 spiro atoms. The minimum Gasteiger partial charge on any atom is -0.387 e. The van der Waals surface area contributed by atoms with Crippen LogP contribution in [0.5, 0.6) is 0 Å². The van der Waals surface area contributed by atoms with Crippen LogP contribution in [0.15, 0.2) is 6.20 Å². The third-order valence-corrected chi connectivity index (χ3v) is 3.20. The van der Waals surface area contributed by atoms with Gasteiger partial charge < -0.3 is 9.84 Å². The maximum absolute atomic E-state index is 10.1. The van der Waals surface area contributed by atoms with Gasteiger partial charge in [0.25, 0.3) is 0 Å². The summed E-state index contributed by atoms with van der Waals surface area (Å²) in [5.41, 5.74) is 0.727. The van der Waals surface area contributed by atoms with Gasteiger partial charge in [0.2, 0.25) is 0 Å². The van der Waals surface area contributed by atoms with Crippen molar-refractivity contribution in [3.63, 3.8) is 0 Å². The van der Waals surface area contributed by atoms with Gasteiger partial charge in [-0.3, -0.25) is 4.68 Å². The van der Waals surface area contributed by atoms with E-state index in [9.17, 15) is 5.11 Å². The Morgan fingerprint density at radius 2 is 2.44 bits per heavy atom. The van der Waals surface area contributed by atoms with Gasteiger partial charge in [-0.15, -0.1) is 0 Å². The fourth-order valence-corrected chi connectivity index (χ4v) is 2.11. The first kappa shape index (κ1) is 11.9. The Labute approximate surface area is 100 Å². The Kier molecular flexibility index (Phi) is 3.84. The standard InChI is InChI=1S/C11H17ClN2O2/c1-16-5-4-14-11(9(12)7-13-14)10(15)6-8-2-3-8/h7-8,10,15H,2-6H2,1H3. The van der Waals surface area contributed by atoms with E-state index in [0.29, 0.717) is 24.1 Å². The van der Waals surface area contributed by atoms with Gasteiger partial charge in [0, 0.05) is 7.11 Å². The first-order valence-electron chi connectivity index (χ1n) is 5.60. The molecule has 90 valence electrons. The highest BCUT2D eigenvalue weighted by atomic mass is 35.5. The van der Waals surface area contributed by atoms with E-state index < -0.39 is 6.10 Å². The highest BCUT2D eigenvalue weighted by molar-refractivity contribution is 6.31. The molecule has 1 aromatic heterocycles. The SMILES string of the molecule is COCCn1ncc(Cl)c1C(O)CC1CC1. The molecule has 1 aromatic rings. The molecule has 0 radical (unpaired) electrons. The minimum absolute atomic E-state index is 0.501. The van der Waals surface area contributed by atoms with Crippen molar-refractivity contribution in [2.75, 3.05) is 13.7 Å². The van der Waals surface area contributed by atoms with Crippen LogP contribution in [0, 0.1) is 5.92 Å². The van der Waals surface area contributed by atoms with Crippen LogP contribution in [-0.2, 0) is 11.3 Å². The molecule has 0 aliphatic heterocycles.